The second-order valence-corrected chi connectivity index (χ2v) is 3.50. The van der Waals surface area contributed by atoms with Crippen molar-refractivity contribution in [2.75, 3.05) is 21.3 Å². The zero-order valence-electron chi connectivity index (χ0n) is 10.5. The third kappa shape index (κ3) is 2.91. The monoisotopic (exact) mass is 251 g/mol. The first kappa shape index (κ1) is 13.8. The van der Waals surface area contributed by atoms with Crippen LogP contribution in [0.15, 0.2) is 12.1 Å². The summed E-state index contributed by atoms with van der Waals surface area (Å²) in [5.41, 5.74) is 5.26. The second kappa shape index (κ2) is 5.90. The number of carbonyl (C=O) groups excluding carboxylic acids is 1. The van der Waals surface area contributed by atoms with E-state index in [1.807, 2.05) is 0 Å². The van der Waals surface area contributed by atoms with Gasteiger partial charge in [-0.25, -0.2) is 0 Å². The lowest BCUT2D eigenvalue weighted by molar-refractivity contribution is -0.116. The van der Waals surface area contributed by atoms with Crippen LogP contribution in [-0.2, 0) is 4.79 Å². The van der Waals surface area contributed by atoms with Crippen molar-refractivity contribution < 1.29 is 19.0 Å². The third-order valence-electron chi connectivity index (χ3n) is 2.34. The van der Waals surface area contributed by atoms with E-state index in [4.69, 9.17) is 19.9 Å². The van der Waals surface area contributed by atoms with Crippen molar-refractivity contribution in [1.82, 2.24) is 0 Å². The molecule has 0 saturated carbocycles. The molecule has 0 heterocycles. The van der Waals surface area contributed by atoms with Crippen molar-refractivity contribution in [1.29, 1.82) is 0 Å². The lowest BCUT2D eigenvalue weighted by Gasteiger charge is -2.17. The summed E-state index contributed by atoms with van der Waals surface area (Å²) in [4.78, 5) is 10.8. The highest BCUT2D eigenvalue weighted by atomic mass is 16.5. The molecule has 0 spiro atoms. The SMILES string of the molecule is COc1cc(C(=[N-])CC(N)=O)cc(OC)c1OC. The summed E-state index contributed by atoms with van der Waals surface area (Å²) in [5, 5.41) is 9.76. The maximum Gasteiger partial charge on any atom is 0.219 e. The average Bonchev–Trinajstić information content (AvgIpc) is 2.35. The van der Waals surface area contributed by atoms with Crippen molar-refractivity contribution in [3.8, 4) is 17.2 Å². The fourth-order valence-electron chi connectivity index (χ4n) is 1.51. The molecule has 6 nitrogen and oxygen atoms in total. The number of nitrogens with two attached hydrogens (primary N) is 1. The molecule has 98 valence electrons. The van der Waals surface area contributed by atoms with Crippen LogP contribution in [0.3, 0.4) is 0 Å². The molecule has 2 N–H and O–H groups in total. The molecule has 18 heavy (non-hydrogen) atoms. The van der Waals surface area contributed by atoms with Crippen LogP contribution in [0.5, 0.6) is 17.2 Å². The fraction of sp³-hybridized carbons (Fsp3) is 0.333. The van der Waals surface area contributed by atoms with E-state index in [9.17, 15) is 10.2 Å². The highest BCUT2D eigenvalue weighted by Gasteiger charge is 2.13. The maximum absolute atomic E-state index is 10.8. The normalized spacial score (nSPS) is 9.72. The molecule has 0 bridgehead atoms. The standard InChI is InChI=1S/C12H15N2O4/c1-16-9-4-7(8(13)6-11(14)15)5-10(17-2)12(9)18-3/h4-5H,6H2,1-3H3,(H2,14,15)/q-1. The van der Waals surface area contributed by atoms with E-state index in [1.165, 1.54) is 21.3 Å². The van der Waals surface area contributed by atoms with Crippen LogP contribution in [0.4, 0.5) is 0 Å². The van der Waals surface area contributed by atoms with Gasteiger partial charge in [0.1, 0.15) is 0 Å². The van der Waals surface area contributed by atoms with Crippen molar-refractivity contribution in [3.05, 3.63) is 23.1 Å². The van der Waals surface area contributed by atoms with Gasteiger partial charge in [0.15, 0.2) is 11.5 Å². The fourth-order valence-corrected chi connectivity index (χ4v) is 1.51. The van der Waals surface area contributed by atoms with Crippen molar-refractivity contribution >= 4 is 11.6 Å². The minimum Gasteiger partial charge on any atom is -0.807 e. The van der Waals surface area contributed by atoms with Crippen LogP contribution in [0.1, 0.15) is 12.0 Å². The number of hydrogen-bond acceptors (Lipinski definition) is 4. The van der Waals surface area contributed by atoms with Gasteiger partial charge in [0, 0.05) is 6.42 Å². The van der Waals surface area contributed by atoms with E-state index in [0.717, 1.165) is 0 Å². The summed E-state index contributed by atoms with van der Waals surface area (Å²) in [6.07, 6.45) is -0.251. The summed E-state index contributed by atoms with van der Waals surface area (Å²) in [6.45, 7) is 0. The van der Waals surface area contributed by atoms with Crippen molar-refractivity contribution in [2.24, 2.45) is 5.73 Å². The van der Waals surface area contributed by atoms with Gasteiger partial charge in [-0.15, -0.1) is 0 Å². The van der Waals surface area contributed by atoms with E-state index in [2.05, 4.69) is 0 Å². The van der Waals surface area contributed by atoms with Crippen LogP contribution < -0.4 is 19.9 Å². The van der Waals surface area contributed by atoms with Gasteiger partial charge in [-0.05, 0) is 17.7 Å². The van der Waals surface area contributed by atoms with Gasteiger partial charge < -0.3 is 25.4 Å². The van der Waals surface area contributed by atoms with Gasteiger partial charge in [-0.3, -0.25) is 4.79 Å². The van der Waals surface area contributed by atoms with E-state index in [0.29, 0.717) is 22.8 Å². The Balaban J connectivity index is 3.22. The predicted octanol–water partition coefficient (Wildman–Crippen LogP) is 0.946. The Kier molecular flexibility index (Phi) is 4.53. The van der Waals surface area contributed by atoms with Crippen LogP contribution >= 0.6 is 0 Å². The van der Waals surface area contributed by atoms with Gasteiger partial charge in [0.25, 0.3) is 0 Å². The molecule has 0 aliphatic carbocycles. The van der Waals surface area contributed by atoms with E-state index < -0.39 is 5.91 Å². The third-order valence-corrected chi connectivity index (χ3v) is 2.34. The molecular weight excluding hydrogens is 236 g/mol. The smallest absolute Gasteiger partial charge is 0.219 e. The van der Waals surface area contributed by atoms with Gasteiger partial charge in [-0.2, -0.15) is 5.71 Å². The number of carbonyl (C=O) groups is 1. The molecular formula is C12H15N2O4-. The number of methoxy groups -OCH3 is 3. The minimum atomic E-state index is -0.624. The molecule has 0 saturated heterocycles. The summed E-state index contributed by atoms with van der Waals surface area (Å²) in [6, 6.07) is 3.08. The number of hydrogen-bond donors (Lipinski definition) is 1. The molecule has 0 fully saturated rings. The number of amides is 1. The summed E-state index contributed by atoms with van der Waals surface area (Å²) >= 11 is 0. The molecule has 0 atom stereocenters. The molecule has 0 aromatic heterocycles. The summed E-state index contributed by atoms with van der Waals surface area (Å²) < 4.78 is 15.4. The molecule has 1 aromatic carbocycles. The Morgan fingerprint density at radius 3 is 2.00 bits per heavy atom. The number of rotatable bonds is 6. The molecule has 0 aliphatic heterocycles. The lowest BCUT2D eigenvalue weighted by Crippen LogP contribution is -2.16. The largest absolute Gasteiger partial charge is 0.807 e. The van der Waals surface area contributed by atoms with Crippen LogP contribution in [0, 0.1) is 0 Å². The van der Waals surface area contributed by atoms with Crippen LogP contribution in [0.25, 0.3) is 5.41 Å². The first-order valence-electron chi connectivity index (χ1n) is 5.17. The zero-order chi connectivity index (χ0) is 13.7. The molecule has 0 aliphatic rings. The first-order chi connectivity index (χ1) is 8.53. The Morgan fingerprint density at radius 2 is 1.67 bits per heavy atom. The zero-order valence-corrected chi connectivity index (χ0v) is 10.5. The van der Waals surface area contributed by atoms with Crippen molar-refractivity contribution in [2.45, 2.75) is 6.42 Å². The lowest BCUT2D eigenvalue weighted by atomic mass is 10.1. The minimum absolute atomic E-state index is 0.151. The number of benzene rings is 1. The first-order valence-corrected chi connectivity index (χ1v) is 5.17. The highest BCUT2D eigenvalue weighted by Crippen LogP contribution is 2.38. The summed E-state index contributed by atoms with van der Waals surface area (Å²) in [5.74, 6) is 0.572. The van der Waals surface area contributed by atoms with Gasteiger partial charge in [0.2, 0.25) is 11.7 Å². The van der Waals surface area contributed by atoms with Gasteiger partial charge in [-0.1, -0.05) is 0 Å². The number of ether oxygens (including phenoxy) is 3. The molecule has 0 unspecified atom stereocenters. The van der Waals surface area contributed by atoms with Crippen molar-refractivity contribution in [3.63, 3.8) is 0 Å². The molecule has 6 heteroatoms. The van der Waals surface area contributed by atoms with E-state index in [1.54, 1.807) is 12.1 Å². The Labute approximate surface area is 105 Å². The molecule has 1 aromatic rings. The topological polar surface area (TPSA) is 93.1 Å². The van der Waals surface area contributed by atoms with Gasteiger partial charge in [0.05, 0.1) is 21.3 Å². The second-order valence-electron chi connectivity index (χ2n) is 3.50. The maximum atomic E-state index is 10.8. The van der Waals surface area contributed by atoms with Crippen LogP contribution in [0.2, 0.25) is 0 Å². The number of primary amides is 1. The molecule has 1 amide bonds. The van der Waals surface area contributed by atoms with E-state index in [-0.39, 0.29) is 12.1 Å². The molecule has 0 radical (unpaired) electrons. The Hall–Kier alpha value is -2.24. The van der Waals surface area contributed by atoms with Gasteiger partial charge >= 0.3 is 0 Å². The van der Waals surface area contributed by atoms with Crippen LogP contribution in [-0.4, -0.2) is 32.9 Å². The predicted molar refractivity (Wildman–Crippen MR) is 67.4 cm³/mol. The Bertz CT molecular complexity index is 446. The molecule has 1 rings (SSSR count). The highest BCUT2D eigenvalue weighted by molar-refractivity contribution is 6.12. The average molecular weight is 251 g/mol. The van der Waals surface area contributed by atoms with E-state index >= 15 is 0 Å². The summed E-state index contributed by atoms with van der Waals surface area (Å²) in [7, 11) is 4.41. The number of nitrogens with zero attached hydrogens (tertiary/aromatic N) is 1. The quantitative estimate of drug-likeness (QED) is 0.761. The Morgan fingerprint density at radius 1 is 1.17 bits per heavy atom.